The van der Waals surface area contributed by atoms with Crippen molar-refractivity contribution >= 4 is 30.7 Å². The number of amides is 1. The van der Waals surface area contributed by atoms with E-state index in [9.17, 15) is 4.79 Å². The van der Waals surface area contributed by atoms with Crippen molar-refractivity contribution in [1.82, 2.24) is 19.9 Å². The Morgan fingerprint density at radius 1 is 1.46 bits per heavy atom. The summed E-state index contributed by atoms with van der Waals surface area (Å²) >= 11 is 0. The van der Waals surface area contributed by atoms with Gasteiger partial charge in [-0.3, -0.25) is 4.79 Å². The summed E-state index contributed by atoms with van der Waals surface area (Å²) < 4.78 is 5.75. The van der Waals surface area contributed by atoms with Crippen molar-refractivity contribution in [3.05, 3.63) is 35.6 Å². The zero-order valence-corrected chi connectivity index (χ0v) is 15.3. The second-order valence-corrected chi connectivity index (χ2v) is 5.97. The van der Waals surface area contributed by atoms with Crippen LogP contribution in [0.1, 0.15) is 42.8 Å². The Morgan fingerprint density at radius 3 is 2.83 bits per heavy atom. The Hall–Kier alpha value is -1.57. The first kappa shape index (κ1) is 20.5. The molecule has 2 aromatic rings. The van der Waals surface area contributed by atoms with E-state index >= 15 is 0 Å². The van der Waals surface area contributed by atoms with E-state index in [4.69, 9.17) is 10.2 Å². The summed E-state index contributed by atoms with van der Waals surface area (Å²) in [6, 6.07) is -0.571. The van der Waals surface area contributed by atoms with Gasteiger partial charge in [-0.1, -0.05) is 13.8 Å². The van der Waals surface area contributed by atoms with Crippen LogP contribution in [-0.2, 0) is 24.2 Å². The third kappa shape index (κ3) is 4.28. The van der Waals surface area contributed by atoms with Crippen LogP contribution in [0.4, 0.5) is 0 Å². The Kier molecular flexibility index (Phi) is 7.26. The molecule has 0 saturated heterocycles. The van der Waals surface area contributed by atoms with E-state index in [1.54, 1.807) is 17.4 Å². The highest BCUT2D eigenvalue weighted by atomic mass is 35.5. The number of imidazole rings is 1. The molecule has 2 aromatic heterocycles. The van der Waals surface area contributed by atoms with E-state index in [0.717, 1.165) is 23.0 Å². The fourth-order valence-corrected chi connectivity index (χ4v) is 2.61. The molecule has 0 radical (unpaired) electrons. The van der Waals surface area contributed by atoms with Crippen LogP contribution < -0.4 is 5.73 Å². The van der Waals surface area contributed by atoms with Crippen LogP contribution in [0, 0.1) is 0 Å². The molecule has 0 aromatic carbocycles. The number of aromatic nitrogens is 3. The topological polar surface area (TPSA) is 101 Å². The minimum Gasteiger partial charge on any atom is -0.445 e. The average molecular weight is 376 g/mol. The first-order valence-corrected chi connectivity index (χ1v) is 7.54. The maximum Gasteiger partial charge on any atom is 0.240 e. The van der Waals surface area contributed by atoms with Gasteiger partial charge in [0.15, 0.2) is 5.89 Å². The molecule has 3 heterocycles. The maximum atomic E-state index is 12.5. The van der Waals surface area contributed by atoms with Gasteiger partial charge < -0.3 is 20.0 Å². The lowest BCUT2D eigenvalue weighted by Crippen LogP contribution is -2.46. The molecule has 0 aliphatic carbocycles. The highest BCUT2D eigenvalue weighted by molar-refractivity contribution is 5.85. The van der Waals surface area contributed by atoms with Crippen LogP contribution in [0.5, 0.6) is 0 Å². The number of aromatic amines is 1. The van der Waals surface area contributed by atoms with Crippen molar-refractivity contribution in [2.24, 2.45) is 5.73 Å². The third-order valence-corrected chi connectivity index (χ3v) is 3.86. The fourth-order valence-electron chi connectivity index (χ4n) is 2.61. The minimum absolute atomic E-state index is 0. The molecule has 9 heteroatoms. The number of rotatable bonds is 4. The van der Waals surface area contributed by atoms with Crippen molar-refractivity contribution in [3.63, 3.8) is 0 Å². The van der Waals surface area contributed by atoms with Crippen molar-refractivity contribution in [1.29, 1.82) is 0 Å². The predicted molar refractivity (Wildman–Crippen MR) is 94.5 cm³/mol. The first-order chi connectivity index (χ1) is 10.5. The lowest BCUT2D eigenvalue weighted by Gasteiger charge is -2.27. The largest absolute Gasteiger partial charge is 0.445 e. The summed E-state index contributed by atoms with van der Waals surface area (Å²) in [7, 11) is 0. The van der Waals surface area contributed by atoms with E-state index in [-0.39, 0.29) is 36.6 Å². The average Bonchev–Trinajstić information content (AvgIpc) is 3.14. The number of hydrogen-bond donors (Lipinski definition) is 2. The smallest absolute Gasteiger partial charge is 0.240 e. The molecule has 3 rings (SSSR count). The Labute approximate surface area is 153 Å². The van der Waals surface area contributed by atoms with Gasteiger partial charge in [0.2, 0.25) is 5.91 Å². The molecule has 7 nitrogen and oxygen atoms in total. The number of nitrogens with zero attached hydrogens (tertiary/aromatic N) is 3. The van der Waals surface area contributed by atoms with Gasteiger partial charge in [0.1, 0.15) is 11.5 Å². The van der Waals surface area contributed by atoms with Crippen LogP contribution in [0.2, 0.25) is 0 Å². The Balaban J connectivity index is 0.00000144. The van der Waals surface area contributed by atoms with Gasteiger partial charge in [0.25, 0.3) is 0 Å². The molecule has 1 aliphatic rings. The molecule has 0 unspecified atom stereocenters. The summed E-state index contributed by atoms with van der Waals surface area (Å²) in [5, 5.41) is 0. The molecule has 0 saturated carbocycles. The number of carbonyl (C=O) groups excluding carboxylic acids is 1. The highest BCUT2D eigenvalue weighted by Gasteiger charge is 2.28. The van der Waals surface area contributed by atoms with Gasteiger partial charge in [-0.15, -0.1) is 24.8 Å². The molecule has 134 valence electrons. The van der Waals surface area contributed by atoms with Gasteiger partial charge in [-0.2, -0.15) is 0 Å². The molecule has 1 atom stereocenters. The van der Waals surface area contributed by atoms with Gasteiger partial charge in [0.05, 0.1) is 18.9 Å². The van der Waals surface area contributed by atoms with Crippen LogP contribution >= 0.6 is 24.8 Å². The van der Waals surface area contributed by atoms with Gasteiger partial charge in [0, 0.05) is 37.2 Å². The zero-order chi connectivity index (χ0) is 15.7. The number of hydrogen-bond acceptors (Lipinski definition) is 5. The molecule has 0 spiro atoms. The monoisotopic (exact) mass is 375 g/mol. The molecular formula is C15H23Cl2N5O2. The quantitative estimate of drug-likeness (QED) is 0.848. The number of carbonyl (C=O) groups is 1. The van der Waals surface area contributed by atoms with E-state index in [1.165, 1.54) is 0 Å². The van der Waals surface area contributed by atoms with Crippen LogP contribution in [0.25, 0.3) is 0 Å². The van der Waals surface area contributed by atoms with Crippen molar-refractivity contribution < 1.29 is 9.21 Å². The maximum absolute atomic E-state index is 12.5. The molecule has 3 N–H and O–H groups in total. The van der Waals surface area contributed by atoms with Crippen LogP contribution in [-0.4, -0.2) is 38.3 Å². The molecule has 24 heavy (non-hydrogen) atoms. The summed E-state index contributed by atoms with van der Waals surface area (Å²) in [4.78, 5) is 25.6. The molecule has 0 bridgehead atoms. The first-order valence-electron chi connectivity index (χ1n) is 7.54. The van der Waals surface area contributed by atoms with Gasteiger partial charge in [-0.05, 0) is 0 Å². The van der Waals surface area contributed by atoms with Crippen molar-refractivity contribution in [2.75, 3.05) is 6.54 Å². The second-order valence-electron chi connectivity index (χ2n) is 5.97. The number of oxazole rings is 1. The minimum atomic E-state index is -0.571. The summed E-state index contributed by atoms with van der Waals surface area (Å²) in [6.45, 7) is 5.18. The molecule has 1 amide bonds. The van der Waals surface area contributed by atoms with Crippen LogP contribution in [0.3, 0.4) is 0 Å². The van der Waals surface area contributed by atoms with E-state index in [0.29, 0.717) is 25.9 Å². The predicted octanol–water partition coefficient (Wildman–Crippen LogP) is 1.82. The highest BCUT2D eigenvalue weighted by Crippen LogP contribution is 2.24. The van der Waals surface area contributed by atoms with E-state index in [1.807, 2.05) is 13.8 Å². The fraction of sp³-hybridized carbons (Fsp3) is 0.533. The van der Waals surface area contributed by atoms with Gasteiger partial charge in [-0.25, -0.2) is 9.97 Å². The summed E-state index contributed by atoms with van der Waals surface area (Å²) in [6.07, 6.45) is 4.42. The number of nitrogens with two attached hydrogens (primary N) is 1. The lowest BCUT2D eigenvalue weighted by molar-refractivity contribution is -0.133. The number of nitrogens with one attached hydrogen (secondary N) is 1. The lowest BCUT2D eigenvalue weighted by atomic mass is 10.1. The SMILES string of the molecule is CC(C)c1nc2c(o1)CCN(C(=O)[C@@H](N)Cc1cnc[nH]1)C2.Cl.Cl. The second kappa shape index (κ2) is 8.50. The van der Waals surface area contributed by atoms with E-state index in [2.05, 4.69) is 15.0 Å². The molecular weight excluding hydrogens is 353 g/mol. The Morgan fingerprint density at radius 2 is 2.21 bits per heavy atom. The summed E-state index contributed by atoms with van der Waals surface area (Å²) in [5.74, 6) is 1.82. The van der Waals surface area contributed by atoms with Crippen LogP contribution in [0.15, 0.2) is 16.9 Å². The van der Waals surface area contributed by atoms with E-state index < -0.39 is 6.04 Å². The summed E-state index contributed by atoms with van der Waals surface area (Å²) in [5.41, 5.74) is 7.75. The van der Waals surface area contributed by atoms with Crippen molar-refractivity contribution in [2.45, 2.75) is 45.2 Å². The molecule has 0 fully saturated rings. The van der Waals surface area contributed by atoms with Crippen molar-refractivity contribution in [3.8, 4) is 0 Å². The third-order valence-electron chi connectivity index (χ3n) is 3.86. The Bertz CT molecular complexity index is 657. The molecule has 1 aliphatic heterocycles. The van der Waals surface area contributed by atoms with Gasteiger partial charge >= 0.3 is 0 Å². The standard InChI is InChI=1S/C15H21N5O2.2ClH/c1-9(2)14-19-12-7-20(4-3-13(12)22-14)15(21)11(16)5-10-6-17-8-18-10;;/h6,8-9,11H,3-5,7,16H2,1-2H3,(H,17,18);2*1H/t11-;;/m0../s1. The normalized spacial score (nSPS) is 14.6. The number of halogens is 2. The number of fused-ring (bicyclic) bond motifs is 1. The zero-order valence-electron chi connectivity index (χ0n) is 13.7. The number of H-pyrrole nitrogens is 1.